The summed E-state index contributed by atoms with van der Waals surface area (Å²) in [6, 6.07) is 7.60. The van der Waals surface area contributed by atoms with Crippen LogP contribution < -0.4 is 5.32 Å². The largest absolute Gasteiger partial charge is 0.448 e. The molecule has 1 aromatic carbocycles. The van der Waals surface area contributed by atoms with Crippen LogP contribution in [0.25, 0.3) is 0 Å². The van der Waals surface area contributed by atoms with E-state index in [0.29, 0.717) is 31.9 Å². The van der Waals surface area contributed by atoms with Gasteiger partial charge in [0.25, 0.3) is 0 Å². The summed E-state index contributed by atoms with van der Waals surface area (Å²) in [6.45, 7) is 4.31. The molecule has 8 nitrogen and oxygen atoms in total. The second-order valence-electron chi connectivity index (χ2n) is 7.99. The molecule has 3 aliphatic heterocycles. The van der Waals surface area contributed by atoms with Crippen molar-refractivity contribution in [3.05, 3.63) is 29.8 Å². The summed E-state index contributed by atoms with van der Waals surface area (Å²) in [5.41, 5.74) is 1.65. The Morgan fingerprint density at radius 1 is 1.07 bits per heavy atom. The van der Waals surface area contributed by atoms with E-state index in [1.165, 1.54) is 0 Å². The molecule has 0 radical (unpaired) electrons. The summed E-state index contributed by atoms with van der Waals surface area (Å²) in [5.74, 6) is -0.255. The monoisotopic (exact) mass is 400 g/mol. The van der Waals surface area contributed by atoms with Crippen LogP contribution in [0.4, 0.5) is 15.3 Å². The summed E-state index contributed by atoms with van der Waals surface area (Å²) >= 11 is 0. The van der Waals surface area contributed by atoms with Crippen molar-refractivity contribution in [1.29, 1.82) is 0 Å². The van der Waals surface area contributed by atoms with Gasteiger partial charge in [-0.2, -0.15) is 0 Å². The molecule has 1 aromatic rings. The van der Waals surface area contributed by atoms with Crippen LogP contribution in [0.5, 0.6) is 0 Å². The second kappa shape index (κ2) is 8.71. The third-order valence-electron chi connectivity index (χ3n) is 5.85. The standard InChI is InChI=1S/C21H28N4O4/c26-19(17-6-4-10-24(15-17)20(27)23-8-1-2-9-23)22-18-7-3-5-16(13-18)14-25-11-12-29-21(25)28/h3,5,7,13,17H,1-2,4,6,8-12,14-15H2,(H,22,26)/t17-/m1/s1. The molecule has 3 heterocycles. The number of carbonyl (C=O) groups excluding carboxylic acids is 3. The fourth-order valence-corrected chi connectivity index (χ4v) is 4.25. The Bertz CT molecular complexity index is 778. The van der Waals surface area contributed by atoms with E-state index in [1.54, 1.807) is 4.90 Å². The van der Waals surface area contributed by atoms with Gasteiger partial charge in [-0.3, -0.25) is 4.79 Å². The number of rotatable bonds is 4. The Balaban J connectivity index is 1.34. The van der Waals surface area contributed by atoms with Gasteiger partial charge in [-0.1, -0.05) is 12.1 Å². The van der Waals surface area contributed by atoms with Crippen molar-refractivity contribution < 1.29 is 19.1 Å². The van der Waals surface area contributed by atoms with Crippen LogP contribution in [0.1, 0.15) is 31.2 Å². The number of nitrogens with one attached hydrogen (secondary N) is 1. The lowest BCUT2D eigenvalue weighted by atomic mass is 9.97. The Labute approximate surface area is 170 Å². The van der Waals surface area contributed by atoms with Crippen LogP contribution in [0, 0.1) is 5.92 Å². The van der Waals surface area contributed by atoms with Crippen LogP contribution in [-0.2, 0) is 16.1 Å². The molecule has 4 rings (SSSR count). The molecule has 1 atom stereocenters. The van der Waals surface area contributed by atoms with Crippen molar-refractivity contribution in [2.24, 2.45) is 5.92 Å². The molecule has 0 saturated carbocycles. The normalized spacial score (nSPS) is 22.0. The number of anilines is 1. The third-order valence-corrected chi connectivity index (χ3v) is 5.85. The Morgan fingerprint density at radius 3 is 2.62 bits per heavy atom. The number of hydrogen-bond donors (Lipinski definition) is 1. The van der Waals surface area contributed by atoms with Crippen molar-refractivity contribution in [2.45, 2.75) is 32.2 Å². The highest BCUT2D eigenvalue weighted by molar-refractivity contribution is 5.93. The maximum Gasteiger partial charge on any atom is 0.410 e. The zero-order valence-corrected chi connectivity index (χ0v) is 16.6. The topological polar surface area (TPSA) is 82.2 Å². The van der Waals surface area contributed by atoms with E-state index < -0.39 is 0 Å². The van der Waals surface area contributed by atoms with E-state index in [4.69, 9.17) is 4.74 Å². The molecule has 8 heteroatoms. The molecular formula is C21H28N4O4. The van der Waals surface area contributed by atoms with Crippen molar-refractivity contribution in [2.75, 3.05) is 44.6 Å². The molecular weight excluding hydrogens is 372 g/mol. The number of piperidine rings is 1. The molecule has 0 aromatic heterocycles. The summed E-state index contributed by atoms with van der Waals surface area (Å²) in [4.78, 5) is 42.5. The first kappa shape index (κ1) is 19.5. The molecule has 0 bridgehead atoms. The average molecular weight is 400 g/mol. The van der Waals surface area contributed by atoms with Gasteiger partial charge in [0.05, 0.1) is 12.5 Å². The van der Waals surface area contributed by atoms with Gasteiger partial charge in [0.15, 0.2) is 0 Å². The Morgan fingerprint density at radius 2 is 1.86 bits per heavy atom. The summed E-state index contributed by atoms with van der Waals surface area (Å²) < 4.78 is 4.96. The zero-order valence-electron chi connectivity index (χ0n) is 16.6. The number of nitrogens with zero attached hydrogens (tertiary/aromatic N) is 3. The van der Waals surface area contributed by atoms with Crippen LogP contribution in [-0.4, -0.2) is 72.1 Å². The van der Waals surface area contributed by atoms with Crippen LogP contribution in [0.3, 0.4) is 0 Å². The van der Waals surface area contributed by atoms with Crippen LogP contribution in [0.15, 0.2) is 24.3 Å². The molecule has 3 saturated heterocycles. The minimum atomic E-state index is -0.301. The van der Waals surface area contributed by atoms with Gasteiger partial charge >= 0.3 is 12.1 Å². The number of amides is 4. The molecule has 0 unspecified atom stereocenters. The minimum Gasteiger partial charge on any atom is -0.448 e. The Hall–Kier alpha value is -2.77. The summed E-state index contributed by atoms with van der Waals surface area (Å²) in [6.07, 6.45) is 3.46. The van der Waals surface area contributed by atoms with Gasteiger partial charge in [-0.15, -0.1) is 0 Å². The highest BCUT2D eigenvalue weighted by Crippen LogP contribution is 2.22. The maximum atomic E-state index is 12.8. The van der Waals surface area contributed by atoms with E-state index in [0.717, 1.165) is 50.9 Å². The molecule has 4 amide bonds. The van der Waals surface area contributed by atoms with E-state index in [2.05, 4.69) is 5.32 Å². The lowest BCUT2D eigenvalue weighted by Crippen LogP contribution is -2.48. The second-order valence-corrected chi connectivity index (χ2v) is 7.99. The fraction of sp³-hybridized carbons (Fsp3) is 0.571. The minimum absolute atomic E-state index is 0.0540. The number of urea groups is 1. The molecule has 0 aliphatic carbocycles. The first-order chi connectivity index (χ1) is 14.1. The van der Waals surface area contributed by atoms with Gasteiger partial charge in [0, 0.05) is 38.4 Å². The van der Waals surface area contributed by atoms with E-state index in [-0.39, 0.29) is 23.9 Å². The predicted molar refractivity (Wildman–Crippen MR) is 107 cm³/mol. The van der Waals surface area contributed by atoms with Crippen LogP contribution >= 0.6 is 0 Å². The van der Waals surface area contributed by atoms with Crippen molar-refractivity contribution in [1.82, 2.24) is 14.7 Å². The number of hydrogen-bond acceptors (Lipinski definition) is 4. The van der Waals surface area contributed by atoms with E-state index in [9.17, 15) is 14.4 Å². The zero-order chi connectivity index (χ0) is 20.2. The lowest BCUT2D eigenvalue weighted by Gasteiger charge is -2.34. The number of ether oxygens (including phenoxy) is 1. The van der Waals surface area contributed by atoms with Gasteiger partial charge in [-0.05, 0) is 43.4 Å². The molecule has 29 heavy (non-hydrogen) atoms. The molecule has 3 fully saturated rings. The van der Waals surface area contributed by atoms with Crippen molar-refractivity contribution in [3.63, 3.8) is 0 Å². The number of benzene rings is 1. The molecule has 0 spiro atoms. The van der Waals surface area contributed by atoms with Gasteiger partial charge in [0.1, 0.15) is 6.61 Å². The first-order valence-corrected chi connectivity index (χ1v) is 10.5. The molecule has 1 N–H and O–H groups in total. The number of cyclic esters (lactones) is 1. The smallest absolute Gasteiger partial charge is 0.410 e. The summed E-state index contributed by atoms with van der Waals surface area (Å²) in [5, 5.41) is 2.99. The van der Waals surface area contributed by atoms with Gasteiger partial charge in [0.2, 0.25) is 5.91 Å². The fourth-order valence-electron chi connectivity index (χ4n) is 4.25. The average Bonchev–Trinajstić information content (AvgIpc) is 3.40. The van der Waals surface area contributed by atoms with E-state index in [1.807, 2.05) is 34.1 Å². The van der Waals surface area contributed by atoms with Crippen molar-refractivity contribution >= 4 is 23.7 Å². The van der Waals surface area contributed by atoms with Crippen molar-refractivity contribution in [3.8, 4) is 0 Å². The lowest BCUT2D eigenvalue weighted by molar-refractivity contribution is -0.121. The molecule has 156 valence electrons. The quantitative estimate of drug-likeness (QED) is 0.842. The number of carbonyl (C=O) groups is 3. The molecule has 3 aliphatic rings. The Kier molecular flexibility index (Phi) is 5.87. The first-order valence-electron chi connectivity index (χ1n) is 10.5. The maximum absolute atomic E-state index is 12.8. The SMILES string of the molecule is O=C(Nc1cccc(CN2CCOC2=O)c1)[C@@H]1CCCN(C(=O)N2CCCC2)C1. The number of likely N-dealkylation sites (tertiary alicyclic amines) is 2. The van der Waals surface area contributed by atoms with E-state index >= 15 is 0 Å². The van der Waals surface area contributed by atoms with Gasteiger partial charge in [-0.25, -0.2) is 9.59 Å². The summed E-state index contributed by atoms with van der Waals surface area (Å²) in [7, 11) is 0. The highest BCUT2D eigenvalue weighted by Gasteiger charge is 2.31. The van der Waals surface area contributed by atoms with Gasteiger partial charge < -0.3 is 24.8 Å². The van der Waals surface area contributed by atoms with Crippen LogP contribution in [0.2, 0.25) is 0 Å². The highest BCUT2D eigenvalue weighted by atomic mass is 16.6. The third kappa shape index (κ3) is 4.63. The predicted octanol–water partition coefficient (Wildman–Crippen LogP) is 2.51.